The molecule has 0 heterocycles. The van der Waals surface area contributed by atoms with E-state index < -0.39 is 6.10 Å². The van der Waals surface area contributed by atoms with Crippen LogP contribution in [0.3, 0.4) is 0 Å². The number of benzene rings is 1. The maximum Gasteiger partial charge on any atom is 0.123 e. The van der Waals surface area contributed by atoms with E-state index in [4.69, 9.17) is 4.74 Å². The van der Waals surface area contributed by atoms with Gasteiger partial charge < -0.3 is 15.2 Å². The van der Waals surface area contributed by atoms with Gasteiger partial charge in [0.2, 0.25) is 0 Å². The highest BCUT2D eigenvalue weighted by atomic mass is 19.1. The van der Waals surface area contributed by atoms with Gasteiger partial charge >= 0.3 is 0 Å². The van der Waals surface area contributed by atoms with E-state index in [0.29, 0.717) is 12.3 Å². The second-order valence-electron chi connectivity index (χ2n) is 3.98. The summed E-state index contributed by atoms with van der Waals surface area (Å²) in [6, 6.07) is 5.77. The Kier molecular flexibility index (Phi) is 6.58. The molecule has 0 aliphatic heterocycles. The zero-order valence-electron chi connectivity index (χ0n) is 10.2. The summed E-state index contributed by atoms with van der Waals surface area (Å²) in [4.78, 5) is 0. The lowest BCUT2D eigenvalue weighted by atomic mass is 10.3. The summed E-state index contributed by atoms with van der Waals surface area (Å²) in [6.07, 6.45) is 1.69. The van der Waals surface area contributed by atoms with Crippen LogP contribution in [0.2, 0.25) is 0 Å². The van der Waals surface area contributed by atoms with Crippen LogP contribution in [-0.4, -0.2) is 30.9 Å². The number of halogens is 1. The molecule has 0 aliphatic carbocycles. The molecule has 0 amide bonds. The number of aliphatic hydroxyl groups excluding tert-OH is 1. The van der Waals surface area contributed by atoms with Gasteiger partial charge in [-0.2, -0.15) is 0 Å². The third-order valence-electron chi connectivity index (χ3n) is 2.34. The third kappa shape index (κ3) is 6.24. The predicted octanol–water partition coefficient (Wildman–Crippen LogP) is 1.96. The van der Waals surface area contributed by atoms with Gasteiger partial charge in [-0.15, -0.1) is 0 Å². The van der Waals surface area contributed by atoms with Crippen LogP contribution in [0.25, 0.3) is 0 Å². The number of nitrogens with one attached hydrogen (secondary N) is 1. The average molecular weight is 241 g/mol. The first-order valence-corrected chi connectivity index (χ1v) is 5.99. The molecule has 1 aromatic rings. The molecule has 0 saturated heterocycles. The Morgan fingerprint density at radius 1 is 1.35 bits per heavy atom. The highest BCUT2D eigenvalue weighted by molar-refractivity contribution is 5.22. The summed E-state index contributed by atoms with van der Waals surface area (Å²) in [6.45, 7) is 3.76. The Bertz CT molecular complexity index is 303. The van der Waals surface area contributed by atoms with Gasteiger partial charge in [-0.1, -0.05) is 13.3 Å². The first-order chi connectivity index (χ1) is 8.22. The Balaban J connectivity index is 2.14. The summed E-state index contributed by atoms with van der Waals surface area (Å²) >= 11 is 0. The van der Waals surface area contributed by atoms with E-state index in [9.17, 15) is 9.50 Å². The van der Waals surface area contributed by atoms with E-state index in [1.165, 1.54) is 12.1 Å². The lowest BCUT2D eigenvalue weighted by Gasteiger charge is -2.13. The molecular formula is C13H20FNO2. The smallest absolute Gasteiger partial charge is 0.123 e. The van der Waals surface area contributed by atoms with Crippen molar-refractivity contribution in [2.45, 2.75) is 25.9 Å². The molecule has 1 aromatic carbocycles. The van der Waals surface area contributed by atoms with Gasteiger partial charge in [0.15, 0.2) is 0 Å². The van der Waals surface area contributed by atoms with Crippen LogP contribution in [0.5, 0.6) is 5.75 Å². The molecule has 96 valence electrons. The molecule has 4 heteroatoms. The summed E-state index contributed by atoms with van der Waals surface area (Å²) in [7, 11) is 0. The zero-order valence-corrected chi connectivity index (χ0v) is 10.2. The second-order valence-corrected chi connectivity index (χ2v) is 3.98. The van der Waals surface area contributed by atoms with Gasteiger partial charge in [-0.25, -0.2) is 4.39 Å². The quantitative estimate of drug-likeness (QED) is 0.684. The molecule has 0 spiro atoms. The topological polar surface area (TPSA) is 41.5 Å². The Hall–Kier alpha value is -1.13. The van der Waals surface area contributed by atoms with Gasteiger partial charge in [-0.05, 0) is 37.2 Å². The molecule has 1 rings (SSSR count). The zero-order chi connectivity index (χ0) is 12.5. The molecule has 0 radical (unpaired) electrons. The van der Waals surface area contributed by atoms with Crippen molar-refractivity contribution in [3.05, 3.63) is 30.1 Å². The van der Waals surface area contributed by atoms with Crippen molar-refractivity contribution in [2.75, 3.05) is 19.7 Å². The summed E-state index contributed by atoms with van der Waals surface area (Å²) in [5, 5.41) is 12.7. The van der Waals surface area contributed by atoms with Crippen molar-refractivity contribution < 1.29 is 14.2 Å². The lowest BCUT2D eigenvalue weighted by molar-refractivity contribution is 0.106. The first-order valence-electron chi connectivity index (χ1n) is 5.99. The molecule has 3 nitrogen and oxygen atoms in total. The third-order valence-corrected chi connectivity index (χ3v) is 2.34. The Labute approximate surface area is 102 Å². The maximum absolute atomic E-state index is 12.6. The highest BCUT2D eigenvalue weighted by Crippen LogP contribution is 2.11. The summed E-state index contributed by atoms with van der Waals surface area (Å²) < 4.78 is 17.9. The maximum atomic E-state index is 12.6. The van der Waals surface area contributed by atoms with E-state index in [1.54, 1.807) is 12.1 Å². The van der Waals surface area contributed by atoms with Crippen molar-refractivity contribution in [1.29, 1.82) is 0 Å². The van der Waals surface area contributed by atoms with E-state index >= 15 is 0 Å². The van der Waals surface area contributed by atoms with E-state index in [2.05, 4.69) is 12.2 Å². The van der Waals surface area contributed by atoms with E-state index in [0.717, 1.165) is 19.4 Å². The largest absolute Gasteiger partial charge is 0.491 e. The monoisotopic (exact) mass is 241 g/mol. The van der Waals surface area contributed by atoms with Crippen molar-refractivity contribution >= 4 is 0 Å². The molecule has 17 heavy (non-hydrogen) atoms. The first kappa shape index (κ1) is 13.9. The number of rotatable bonds is 8. The minimum Gasteiger partial charge on any atom is -0.491 e. The number of ether oxygens (including phenoxy) is 1. The fraction of sp³-hybridized carbons (Fsp3) is 0.538. The van der Waals surface area contributed by atoms with Crippen LogP contribution in [0.15, 0.2) is 24.3 Å². The summed E-state index contributed by atoms with van der Waals surface area (Å²) in [5.74, 6) is 0.276. The van der Waals surface area contributed by atoms with Crippen molar-refractivity contribution in [3.63, 3.8) is 0 Å². The molecule has 1 unspecified atom stereocenters. The van der Waals surface area contributed by atoms with Crippen LogP contribution in [0.4, 0.5) is 4.39 Å². The molecule has 0 bridgehead atoms. The van der Waals surface area contributed by atoms with Crippen LogP contribution in [0.1, 0.15) is 19.8 Å². The number of unbranched alkanes of at least 4 members (excludes halogenated alkanes) is 1. The fourth-order valence-electron chi connectivity index (χ4n) is 1.35. The Morgan fingerprint density at radius 2 is 2.06 bits per heavy atom. The van der Waals surface area contributed by atoms with Gasteiger partial charge in [0.25, 0.3) is 0 Å². The van der Waals surface area contributed by atoms with Gasteiger partial charge in [0.05, 0.1) is 0 Å². The molecule has 0 fully saturated rings. The van der Waals surface area contributed by atoms with Gasteiger partial charge in [-0.3, -0.25) is 0 Å². The van der Waals surface area contributed by atoms with Crippen LogP contribution < -0.4 is 10.1 Å². The van der Waals surface area contributed by atoms with Gasteiger partial charge in [0, 0.05) is 6.54 Å². The Morgan fingerprint density at radius 3 is 2.71 bits per heavy atom. The minimum atomic E-state index is -0.545. The molecule has 0 saturated carbocycles. The van der Waals surface area contributed by atoms with E-state index in [-0.39, 0.29) is 12.4 Å². The van der Waals surface area contributed by atoms with Gasteiger partial charge in [0.1, 0.15) is 24.3 Å². The molecular weight excluding hydrogens is 221 g/mol. The molecule has 0 aliphatic rings. The molecule has 0 aromatic heterocycles. The standard InChI is InChI=1S/C13H20FNO2/c1-2-3-8-15-9-12(16)10-17-13-6-4-11(14)5-7-13/h4-7,12,15-16H,2-3,8-10H2,1H3. The molecule has 2 N–H and O–H groups in total. The summed E-state index contributed by atoms with van der Waals surface area (Å²) in [5.41, 5.74) is 0. The lowest BCUT2D eigenvalue weighted by Crippen LogP contribution is -2.31. The highest BCUT2D eigenvalue weighted by Gasteiger charge is 2.04. The van der Waals surface area contributed by atoms with E-state index in [1.807, 2.05) is 0 Å². The average Bonchev–Trinajstić information content (AvgIpc) is 2.34. The number of hydrogen-bond acceptors (Lipinski definition) is 3. The number of aliphatic hydroxyl groups is 1. The normalized spacial score (nSPS) is 12.4. The second kappa shape index (κ2) is 8.03. The molecule has 1 atom stereocenters. The SMILES string of the molecule is CCCCNCC(O)COc1ccc(F)cc1. The van der Waals surface area contributed by atoms with Crippen molar-refractivity contribution in [2.24, 2.45) is 0 Å². The van der Waals surface area contributed by atoms with Crippen LogP contribution >= 0.6 is 0 Å². The van der Waals surface area contributed by atoms with Crippen molar-refractivity contribution in [1.82, 2.24) is 5.32 Å². The number of hydrogen-bond donors (Lipinski definition) is 2. The minimum absolute atomic E-state index is 0.213. The van der Waals surface area contributed by atoms with Crippen LogP contribution in [-0.2, 0) is 0 Å². The van der Waals surface area contributed by atoms with Crippen molar-refractivity contribution in [3.8, 4) is 5.75 Å². The van der Waals surface area contributed by atoms with Crippen LogP contribution in [0, 0.1) is 5.82 Å². The predicted molar refractivity (Wildman–Crippen MR) is 65.7 cm³/mol. The fourth-order valence-corrected chi connectivity index (χ4v) is 1.35.